The van der Waals surface area contributed by atoms with Gasteiger partial charge in [0.15, 0.2) is 0 Å². The first-order chi connectivity index (χ1) is 6.09. The van der Waals surface area contributed by atoms with E-state index in [2.05, 4.69) is 15.9 Å². The molecule has 0 fully saturated rings. The molecule has 3 heteroatoms. The summed E-state index contributed by atoms with van der Waals surface area (Å²) in [6.07, 6.45) is 0. The van der Waals surface area contributed by atoms with Crippen LogP contribution in [0, 0.1) is 6.92 Å². The number of hydrogen-bond donors (Lipinski definition) is 1. The topological polar surface area (TPSA) is 35.2 Å². The summed E-state index contributed by atoms with van der Waals surface area (Å²) < 4.78 is 6.51. The average Bonchev–Trinajstić information content (AvgIpc) is 2.07. The van der Waals surface area contributed by atoms with Crippen LogP contribution in [0.4, 0.5) is 0 Å². The largest absolute Gasteiger partial charge is 0.492 e. The van der Waals surface area contributed by atoms with Crippen LogP contribution < -0.4 is 10.5 Å². The van der Waals surface area contributed by atoms with E-state index in [-0.39, 0.29) is 6.04 Å². The van der Waals surface area contributed by atoms with E-state index < -0.39 is 0 Å². The van der Waals surface area contributed by atoms with E-state index >= 15 is 0 Å². The lowest BCUT2D eigenvalue weighted by atomic mass is 10.2. The number of aryl methyl sites for hydroxylation is 1. The van der Waals surface area contributed by atoms with Crippen LogP contribution in [0.5, 0.6) is 5.75 Å². The molecule has 0 aliphatic carbocycles. The first-order valence-corrected chi connectivity index (χ1v) is 5.03. The number of nitrogens with two attached hydrogens (primary N) is 1. The maximum absolute atomic E-state index is 5.57. The third-order valence-electron chi connectivity index (χ3n) is 1.66. The van der Waals surface area contributed by atoms with Gasteiger partial charge in [0.1, 0.15) is 12.4 Å². The summed E-state index contributed by atoms with van der Waals surface area (Å²) in [5.41, 5.74) is 6.77. The third kappa shape index (κ3) is 3.36. The van der Waals surface area contributed by atoms with Crippen molar-refractivity contribution >= 4 is 15.9 Å². The van der Waals surface area contributed by atoms with Gasteiger partial charge in [-0.15, -0.1) is 0 Å². The summed E-state index contributed by atoms with van der Waals surface area (Å²) in [5.74, 6) is 0.856. The molecular weight excluding hydrogens is 230 g/mol. The van der Waals surface area contributed by atoms with Crippen LogP contribution in [0.1, 0.15) is 12.5 Å². The van der Waals surface area contributed by atoms with Gasteiger partial charge in [0.2, 0.25) is 0 Å². The molecular formula is C10H14BrNO. The van der Waals surface area contributed by atoms with Crippen LogP contribution in [-0.2, 0) is 0 Å². The Morgan fingerprint density at radius 2 is 2.23 bits per heavy atom. The molecule has 13 heavy (non-hydrogen) atoms. The van der Waals surface area contributed by atoms with Gasteiger partial charge in [0, 0.05) is 10.5 Å². The predicted octanol–water partition coefficient (Wildman–Crippen LogP) is 2.48. The molecule has 0 aromatic heterocycles. The summed E-state index contributed by atoms with van der Waals surface area (Å²) in [6, 6.07) is 5.99. The zero-order valence-corrected chi connectivity index (χ0v) is 9.47. The van der Waals surface area contributed by atoms with Gasteiger partial charge in [-0.1, -0.05) is 22.0 Å². The van der Waals surface area contributed by atoms with Crippen LogP contribution in [-0.4, -0.2) is 12.6 Å². The standard InChI is InChI=1S/C10H14BrNO/c1-7-3-4-9(5-10(7)11)13-6-8(2)12/h3-5,8H,6,12H2,1-2H3. The molecule has 2 nitrogen and oxygen atoms in total. The molecule has 0 saturated carbocycles. The van der Waals surface area contributed by atoms with Gasteiger partial charge >= 0.3 is 0 Å². The highest BCUT2D eigenvalue weighted by Gasteiger charge is 1.99. The minimum Gasteiger partial charge on any atom is -0.492 e. The summed E-state index contributed by atoms with van der Waals surface area (Å²) in [4.78, 5) is 0. The number of hydrogen-bond acceptors (Lipinski definition) is 2. The van der Waals surface area contributed by atoms with Gasteiger partial charge in [-0.2, -0.15) is 0 Å². The zero-order chi connectivity index (χ0) is 9.84. The van der Waals surface area contributed by atoms with E-state index in [4.69, 9.17) is 10.5 Å². The van der Waals surface area contributed by atoms with Crippen molar-refractivity contribution in [1.82, 2.24) is 0 Å². The van der Waals surface area contributed by atoms with Crippen LogP contribution >= 0.6 is 15.9 Å². The monoisotopic (exact) mass is 243 g/mol. The Balaban J connectivity index is 2.63. The first kappa shape index (κ1) is 10.5. The van der Waals surface area contributed by atoms with E-state index in [1.807, 2.05) is 32.0 Å². The second kappa shape index (κ2) is 4.63. The van der Waals surface area contributed by atoms with Gasteiger partial charge in [-0.25, -0.2) is 0 Å². The van der Waals surface area contributed by atoms with Gasteiger partial charge in [0.25, 0.3) is 0 Å². The van der Waals surface area contributed by atoms with Gasteiger partial charge in [-0.3, -0.25) is 0 Å². The normalized spacial score (nSPS) is 12.6. The molecule has 0 aliphatic rings. The Bertz CT molecular complexity index is 286. The van der Waals surface area contributed by atoms with Crippen molar-refractivity contribution in [2.75, 3.05) is 6.61 Å². The maximum atomic E-state index is 5.57. The van der Waals surface area contributed by atoms with Crippen molar-refractivity contribution in [2.24, 2.45) is 5.73 Å². The van der Waals surface area contributed by atoms with Crippen LogP contribution in [0.3, 0.4) is 0 Å². The van der Waals surface area contributed by atoms with Crippen LogP contribution in [0.15, 0.2) is 22.7 Å². The fourth-order valence-corrected chi connectivity index (χ4v) is 1.25. The van der Waals surface area contributed by atoms with Crippen molar-refractivity contribution < 1.29 is 4.74 Å². The molecule has 2 N–H and O–H groups in total. The Hall–Kier alpha value is -0.540. The highest BCUT2D eigenvalue weighted by molar-refractivity contribution is 9.10. The highest BCUT2D eigenvalue weighted by atomic mass is 79.9. The van der Waals surface area contributed by atoms with Crippen molar-refractivity contribution in [3.05, 3.63) is 28.2 Å². The first-order valence-electron chi connectivity index (χ1n) is 4.24. The SMILES string of the molecule is Cc1ccc(OCC(C)N)cc1Br. The molecule has 0 saturated heterocycles. The fourth-order valence-electron chi connectivity index (χ4n) is 0.891. The second-order valence-electron chi connectivity index (χ2n) is 3.20. The molecule has 0 spiro atoms. The van der Waals surface area contributed by atoms with Crippen molar-refractivity contribution in [1.29, 1.82) is 0 Å². The molecule has 0 bridgehead atoms. The summed E-state index contributed by atoms with van der Waals surface area (Å²) in [6.45, 7) is 4.51. The molecule has 72 valence electrons. The molecule has 1 unspecified atom stereocenters. The molecule has 0 heterocycles. The molecule has 0 aliphatic heterocycles. The van der Waals surface area contributed by atoms with E-state index in [9.17, 15) is 0 Å². The Kier molecular flexibility index (Phi) is 3.75. The summed E-state index contributed by atoms with van der Waals surface area (Å²) in [7, 11) is 0. The fraction of sp³-hybridized carbons (Fsp3) is 0.400. The van der Waals surface area contributed by atoms with E-state index in [0.29, 0.717) is 6.61 Å². The van der Waals surface area contributed by atoms with Gasteiger partial charge < -0.3 is 10.5 Å². The quantitative estimate of drug-likeness (QED) is 0.886. The maximum Gasteiger partial charge on any atom is 0.120 e. The highest BCUT2D eigenvalue weighted by Crippen LogP contribution is 2.22. The molecule has 0 amide bonds. The second-order valence-corrected chi connectivity index (χ2v) is 4.05. The molecule has 1 atom stereocenters. The summed E-state index contributed by atoms with van der Waals surface area (Å²) >= 11 is 3.44. The average molecular weight is 244 g/mol. The smallest absolute Gasteiger partial charge is 0.120 e. The minimum absolute atomic E-state index is 0.0695. The van der Waals surface area contributed by atoms with Crippen molar-refractivity contribution in [3.8, 4) is 5.75 Å². The number of benzene rings is 1. The number of halogens is 1. The molecule has 0 radical (unpaired) electrons. The number of ether oxygens (including phenoxy) is 1. The molecule has 1 aromatic carbocycles. The van der Waals surface area contributed by atoms with Crippen molar-refractivity contribution in [2.45, 2.75) is 19.9 Å². The predicted molar refractivity (Wildman–Crippen MR) is 58.0 cm³/mol. The Morgan fingerprint density at radius 3 is 2.77 bits per heavy atom. The lowest BCUT2D eigenvalue weighted by Gasteiger charge is -2.09. The van der Waals surface area contributed by atoms with Crippen LogP contribution in [0.25, 0.3) is 0 Å². The lowest BCUT2D eigenvalue weighted by Crippen LogP contribution is -2.23. The number of rotatable bonds is 3. The van der Waals surface area contributed by atoms with Crippen LogP contribution in [0.2, 0.25) is 0 Å². The van der Waals surface area contributed by atoms with E-state index in [0.717, 1.165) is 10.2 Å². The lowest BCUT2D eigenvalue weighted by molar-refractivity contribution is 0.296. The van der Waals surface area contributed by atoms with E-state index in [1.54, 1.807) is 0 Å². The Labute approximate surface area is 87.2 Å². The summed E-state index contributed by atoms with van der Waals surface area (Å²) in [5, 5.41) is 0. The molecule has 1 rings (SSSR count). The van der Waals surface area contributed by atoms with Crippen molar-refractivity contribution in [3.63, 3.8) is 0 Å². The van der Waals surface area contributed by atoms with Gasteiger partial charge in [-0.05, 0) is 31.5 Å². The Morgan fingerprint density at radius 1 is 1.54 bits per heavy atom. The minimum atomic E-state index is 0.0695. The van der Waals surface area contributed by atoms with Gasteiger partial charge in [0.05, 0.1) is 0 Å². The zero-order valence-electron chi connectivity index (χ0n) is 7.88. The van der Waals surface area contributed by atoms with E-state index in [1.165, 1.54) is 5.56 Å². The third-order valence-corrected chi connectivity index (χ3v) is 2.51. The molecule has 1 aromatic rings.